The highest BCUT2D eigenvalue weighted by atomic mass is 32.3. The minimum Gasteiger partial charge on any atom is -0.493 e. The van der Waals surface area contributed by atoms with Gasteiger partial charge in [-0.25, -0.2) is 4.18 Å². The van der Waals surface area contributed by atoms with Gasteiger partial charge in [-0.2, -0.15) is 8.42 Å². The molecule has 0 radical (unpaired) electrons. The van der Waals surface area contributed by atoms with Crippen LogP contribution in [-0.2, 0) is 62.1 Å². The molecule has 1 aromatic rings. The number of ether oxygens (including phenoxy) is 8. The standard InChI is InChI=1S/C48H76N4O25S/c1-5-6-7-8-9-10-11-12-15-18-69-27-17-14-13-16-26(27)44(64)52-33-37(60)36(59)28(19-53)72-46(33)75-41-29(20-54)73-47(34(39(41)62)50-24(3)57)76-42-30(21-55)74-48(35(40(42)63)51-25(4)58)77-43-31(22-70-78(66,67)68)71-45(65)32(38(43)61)49-23(2)56/h10-11,13-14,16-17,28-43,45-48,53-55,59-63,65H,5-9,12,15,18-22H2,1-4H3,(H,49,56)(H,50,57)(H,51,58)(H,52,64)(H,66,67,68)/b11-10-/t28?,29-,30?,31-,32?,33?,34?,35?,36+,37+,38?,39?,40+,41+,42+,43+,45?,46-,47-,48-/m0/s1. The van der Waals surface area contributed by atoms with Crippen molar-refractivity contribution < 1.29 is 120 Å². The van der Waals surface area contributed by atoms with Gasteiger partial charge in [0.25, 0.3) is 5.91 Å². The number of amides is 4. The van der Waals surface area contributed by atoms with Crippen LogP contribution in [0.2, 0.25) is 0 Å². The molecule has 20 atom stereocenters. The molecule has 29 nitrogen and oxygen atoms in total. The zero-order chi connectivity index (χ0) is 57.4. The molecule has 0 bridgehead atoms. The number of benzene rings is 1. The summed E-state index contributed by atoms with van der Waals surface area (Å²) in [7, 11) is -5.16. The molecule has 78 heavy (non-hydrogen) atoms. The smallest absolute Gasteiger partial charge is 0.397 e. The monoisotopic (exact) mass is 1140 g/mol. The van der Waals surface area contributed by atoms with Crippen molar-refractivity contribution in [3.63, 3.8) is 0 Å². The van der Waals surface area contributed by atoms with Gasteiger partial charge < -0.3 is 105 Å². The highest BCUT2D eigenvalue weighted by molar-refractivity contribution is 7.80. The lowest BCUT2D eigenvalue weighted by atomic mass is 9.93. The second-order valence-corrected chi connectivity index (χ2v) is 20.3. The molecule has 30 heteroatoms. The number of hydrogen-bond acceptors (Lipinski definition) is 24. The van der Waals surface area contributed by atoms with Crippen molar-refractivity contribution in [3.05, 3.63) is 42.0 Å². The molecule has 4 saturated heterocycles. The van der Waals surface area contributed by atoms with Gasteiger partial charge in [-0.3, -0.25) is 23.7 Å². The summed E-state index contributed by atoms with van der Waals surface area (Å²) in [5.74, 6) is -3.05. The van der Waals surface area contributed by atoms with Crippen LogP contribution in [-0.4, -0.2) is 238 Å². The molecule has 0 saturated carbocycles. The van der Waals surface area contributed by atoms with Crippen LogP contribution in [0.3, 0.4) is 0 Å². The number of carbonyl (C=O) groups excluding carboxylic acids is 4. The van der Waals surface area contributed by atoms with Crippen LogP contribution >= 0.6 is 0 Å². The lowest BCUT2D eigenvalue weighted by Gasteiger charge is -2.51. The Balaban J connectivity index is 1.36. The molecule has 4 amide bonds. The van der Waals surface area contributed by atoms with Gasteiger partial charge in [0.2, 0.25) is 17.7 Å². The number of hydrogen-bond donors (Lipinski definition) is 14. The SMILES string of the molecule is CCCCCC/C=C\CCCOc1ccccc1C(=O)NC1[C@H](O[C@H]2C(O)C(NC(C)=O)[C@H](O[C@@H]3C(CO)O[C@@H](O[C@H]4C(O)C(NC(C)=O)C(O)O[C@H]4COS(=O)(=O)O)C(NC(C)=O)[C@H]3O)O[C@H]2CO)OC(CO)[C@@H](O)[C@@H]1O. The fraction of sp³-hybridized carbons (Fsp3) is 0.750. The number of aliphatic hydroxyl groups is 9. The Kier molecular flexibility index (Phi) is 25.4. The molecule has 4 aliphatic rings. The van der Waals surface area contributed by atoms with Crippen LogP contribution in [0.4, 0.5) is 0 Å². The average Bonchev–Trinajstić information content (AvgIpc) is 3.41. The van der Waals surface area contributed by atoms with Crippen LogP contribution in [0, 0.1) is 0 Å². The first-order valence-corrected chi connectivity index (χ1v) is 27.0. The minimum atomic E-state index is -5.16. The maximum atomic E-state index is 14.0. The maximum Gasteiger partial charge on any atom is 0.397 e. The van der Waals surface area contributed by atoms with E-state index in [0.717, 1.165) is 46.5 Å². The molecule has 0 aliphatic carbocycles. The summed E-state index contributed by atoms with van der Waals surface area (Å²) in [5, 5.41) is 109. The third kappa shape index (κ3) is 17.7. The van der Waals surface area contributed by atoms with E-state index in [1.54, 1.807) is 18.2 Å². The van der Waals surface area contributed by atoms with Gasteiger partial charge >= 0.3 is 10.4 Å². The second-order valence-electron chi connectivity index (χ2n) is 19.2. The van der Waals surface area contributed by atoms with Crippen molar-refractivity contribution in [1.29, 1.82) is 0 Å². The van der Waals surface area contributed by atoms with Crippen LogP contribution < -0.4 is 26.0 Å². The number of carbonyl (C=O) groups is 4. The fourth-order valence-corrected chi connectivity index (χ4v) is 9.70. The summed E-state index contributed by atoms with van der Waals surface area (Å²) in [6.45, 7) is 1.48. The van der Waals surface area contributed by atoms with Crippen molar-refractivity contribution >= 4 is 34.0 Å². The first-order chi connectivity index (χ1) is 37.0. The molecule has 0 aromatic heterocycles. The van der Waals surface area contributed by atoms with Gasteiger partial charge in [-0.05, 0) is 37.8 Å². The molecular weight excluding hydrogens is 1060 g/mol. The van der Waals surface area contributed by atoms with Gasteiger partial charge in [0.1, 0.15) is 103 Å². The fourth-order valence-electron chi connectivity index (χ4n) is 9.39. The Labute approximate surface area is 450 Å². The number of allylic oxidation sites excluding steroid dienone is 2. The van der Waals surface area contributed by atoms with Crippen LogP contribution in [0.1, 0.15) is 83.0 Å². The van der Waals surface area contributed by atoms with Gasteiger partial charge in [-0.1, -0.05) is 50.5 Å². The third-order valence-electron chi connectivity index (χ3n) is 13.2. The summed E-state index contributed by atoms with van der Waals surface area (Å²) < 4.78 is 84.1. The van der Waals surface area contributed by atoms with E-state index in [-0.39, 0.29) is 17.9 Å². The van der Waals surface area contributed by atoms with Crippen molar-refractivity contribution in [2.75, 3.05) is 33.0 Å². The number of unbranched alkanes of at least 4 members (excludes halogenated alkanes) is 5. The van der Waals surface area contributed by atoms with Crippen molar-refractivity contribution in [2.24, 2.45) is 0 Å². The Hall–Kier alpha value is -4.13. The topological polar surface area (TPSA) is 436 Å². The van der Waals surface area contributed by atoms with Crippen molar-refractivity contribution in [1.82, 2.24) is 21.3 Å². The van der Waals surface area contributed by atoms with E-state index in [1.165, 1.54) is 18.9 Å². The van der Waals surface area contributed by atoms with Crippen LogP contribution in [0.5, 0.6) is 5.75 Å². The molecule has 4 aliphatic heterocycles. The second kappa shape index (κ2) is 30.6. The lowest BCUT2D eigenvalue weighted by molar-refractivity contribution is -0.361. The highest BCUT2D eigenvalue weighted by Gasteiger charge is 2.56. The quantitative estimate of drug-likeness (QED) is 0.0225. The lowest BCUT2D eigenvalue weighted by Crippen LogP contribution is -2.71. The largest absolute Gasteiger partial charge is 0.493 e. The molecule has 14 N–H and O–H groups in total. The van der Waals surface area contributed by atoms with Crippen LogP contribution in [0.15, 0.2) is 36.4 Å². The van der Waals surface area contributed by atoms with Gasteiger partial charge in [0, 0.05) is 20.8 Å². The van der Waals surface area contributed by atoms with E-state index in [4.69, 9.17) is 37.9 Å². The first-order valence-electron chi connectivity index (χ1n) is 25.6. The van der Waals surface area contributed by atoms with Gasteiger partial charge in [0.15, 0.2) is 25.2 Å². The number of para-hydroxylation sites is 1. The minimum absolute atomic E-state index is 0.0212. The summed E-state index contributed by atoms with van der Waals surface area (Å²) in [5.41, 5.74) is 0.0212. The molecule has 4 fully saturated rings. The zero-order valence-electron chi connectivity index (χ0n) is 43.5. The van der Waals surface area contributed by atoms with Gasteiger partial charge in [0.05, 0.1) is 38.6 Å². The summed E-state index contributed by atoms with van der Waals surface area (Å²) >= 11 is 0. The van der Waals surface area contributed by atoms with E-state index < -0.39 is 183 Å². The first kappa shape index (κ1) is 64.7. The maximum absolute atomic E-state index is 14.0. The Morgan fingerprint density at radius 2 is 1.04 bits per heavy atom. The number of nitrogens with one attached hydrogen (secondary N) is 4. The molecule has 9 unspecified atom stereocenters. The molecule has 0 spiro atoms. The van der Waals surface area contributed by atoms with Crippen molar-refractivity contribution in [3.8, 4) is 5.75 Å². The molecule has 1 aromatic carbocycles. The van der Waals surface area contributed by atoms with Crippen LogP contribution in [0.25, 0.3) is 0 Å². The molecule has 5 rings (SSSR count). The van der Waals surface area contributed by atoms with E-state index in [0.29, 0.717) is 6.42 Å². The molecule has 444 valence electrons. The van der Waals surface area contributed by atoms with E-state index in [1.807, 2.05) is 0 Å². The predicted molar refractivity (Wildman–Crippen MR) is 263 cm³/mol. The predicted octanol–water partition coefficient (Wildman–Crippen LogP) is -4.37. The van der Waals surface area contributed by atoms with Crippen molar-refractivity contribution in [2.45, 2.75) is 195 Å². The number of aliphatic hydroxyl groups excluding tert-OH is 9. The average molecular weight is 1140 g/mol. The number of rotatable bonds is 27. The van der Waals surface area contributed by atoms with E-state index >= 15 is 0 Å². The van der Waals surface area contributed by atoms with Gasteiger partial charge in [-0.15, -0.1) is 0 Å². The zero-order valence-corrected chi connectivity index (χ0v) is 44.3. The van der Waals surface area contributed by atoms with E-state index in [9.17, 15) is 78.1 Å². The highest BCUT2D eigenvalue weighted by Crippen LogP contribution is 2.35. The van der Waals surface area contributed by atoms with E-state index in [2.05, 4.69) is 44.5 Å². The Bertz CT molecular complexity index is 2220. The summed E-state index contributed by atoms with van der Waals surface area (Å²) in [4.78, 5) is 51.3. The Morgan fingerprint density at radius 1 is 0.577 bits per heavy atom. The Morgan fingerprint density at radius 3 is 1.54 bits per heavy atom. The molecule has 4 heterocycles. The normalized spacial score (nSPS) is 35.4. The molecular formula is C48H76N4O25S. The summed E-state index contributed by atoms with van der Waals surface area (Å²) in [6, 6.07) is -0.578. The summed E-state index contributed by atoms with van der Waals surface area (Å²) in [6.07, 6.45) is -18.4. The third-order valence-corrected chi connectivity index (χ3v) is 13.7.